The summed E-state index contributed by atoms with van der Waals surface area (Å²) in [5, 5.41) is 7.91. The first kappa shape index (κ1) is 7.80. The molecule has 2 fully saturated rings. The van der Waals surface area contributed by atoms with E-state index >= 15 is 0 Å². The van der Waals surface area contributed by atoms with E-state index in [2.05, 4.69) is 10.2 Å². The van der Waals surface area contributed by atoms with E-state index in [1.54, 1.807) is 0 Å². The summed E-state index contributed by atoms with van der Waals surface area (Å²) in [7, 11) is 0. The molecule has 2 atom stereocenters. The van der Waals surface area contributed by atoms with E-state index in [4.69, 9.17) is 16.0 Å². The van der Waals surface area contributed by atoms with Gasteiger partial charge in [-0.05, 0) is 24.7 Å². The Balaban J connectivity index is 1.79. The van der Waals surface area contributed by atoms with Crippen molar-refractivity contribution in [3.63, 3.8) is 0 Å². The lowest BCUT2D eigenvalue weighted by Crippen LogP contribution is -1.87. The first-order valence-corrected chi connectivity index (χ1v) is 5.32. The fraction of sp³-hybridized carbons (Fsp3) is 0.778. The van der Waals surface area contributed by atoms with E-state index < -0.39 is 0 Å². The van der Waals surface area contributed by atoms with Crippen LogP contribution >= 0.6 is 11.6 Å². The molecule has 2 unspecified atom stereocenters. The molecule has 0 radical (unpaired) electrons. The van der Waals surface area contributed by atoms with Gasteiger partial charge in [0, 0.05) is 5.92 Å². The summed E-state index contributed by atoms with van der Waals surface area (Å²) >= 11 is 5.59. The molecule has 0 saturated heterocycles. The van der Waals surface area contributed by atoms with Crippen LogP contribution in [0.1, 0.15) is 37.0 Å². The van der Waals surface area contributed by atoms with E-state index in [-0.39, 0.29) is 0 Å². The minimum absolute atomic E-state index is 0.328. The van der Waals surface area contributed by atoms with Crippen LogP contribution in [0.25, 0.3) is 0 Å². The van der Waals surface area contributed by atoms with Gasteiger partial charge in [-0.15, -0.1) is 21.8 Å². The van der Waals surface area contributed by atoms with E-state index in [0.717, 1.165) is 17.7 Å². The molecule has 3 rings (SSSR count). The Hall–Kier alpha value is -0.570. The van der Waals surface area contributed by atoms with Crippen molar-refractivity contribution >= 4 is 11.6 Å². The van der Waals surface area contributed by atoms with Gasteiger partial charge in [0.1, 0.15) is 5.88 Å². The SMILES string of the molecule is ClCc1nnc(C2C3CCCC32)o1. The van der Waals surface area contributed by atoms with Gasteiger partial charge in [-0.25, -0.2) is 0 Å². The van der Waals surface area contributed by atoms with Gasteiger partial charge in [-0.3, -0.25) is 0 Å². The smallest absolute Gasteiger partial charge is 0.231 e. The molecule has 0 amide bonds. The molecule has 2 aliphatic rings. The first-order valence-electron chi connectivity index (χ1n) is 4.78. The standard InChI is InChI=1S/C9H11ClN2O/c10-4-7-11-12-9(13-7)8-5-2-1-3-6(5)8/h5-6,8H,1-4H2. The summed E-state index contributed by atoms with van der Waals surface area (Å²) in [5.41, 5.74) is 0. The molecule has 1 heterocycles. The van der Waals surface area contributed by atoms with Gasteiger partial charge < -0.3 is 4.42 Å². The van der Waals surface area contributed by atoms with E-state index in [9.17, 15) is 0 Å². The molecule has 1 aromatic rings. The second-order valence-corrected chi connectivity index (χ2v) is 4.22. The Labute approximate surface area is 81.5 Å². The molecule has 4 heteroatoms. The van der Waals surface area contributed by atoms with Crippen LogP contribution in [0.3, 0.4) is 0 Å². The minimum atomic E-state index is 0.328. The average molecular weight is 199 g/mol. The molecule has 13 heavy (non-hydrogen) atoms. The molecule has 0 bridgehead atoms. The third-order valence-corrected chi connectivity index (χ3v) is 3.52. The van der Waals surface area contributed by atoms with Crippen molar-refractivity contribution in [2.24, 2.45) is 11.8 Å². The molecule has 3 nitrogen and oxygen atoms in total. The van der Waals surface area contributed by atoms with Gasteiger partial charge in [-0.1, -0.05) is 6.42 Å². The van der Waals surface area contributed by atoms with Gasteiger partial charge in [0.05, 0.1) is 0 Å². The Morgan fingerprint density at radius 2 is 2.08 bits per heavy atom. The second-order valence-electron chi connectivity index (χ2n) is 3.95. The van der Waals surface area contributed by atoms with Crippen molar-refractivity contribution in [3.8, 4) is 0 Å². The minimum Gasteiger partial charge on any atom is -0.424 e. The fourth-order valence-electron chi connectivity index (χ4n) is 2.64. The second kappa shape index (κ2) is 2.71. The van der Waals surface area contributed by atoms with Crippen molar-refractivity contribution in [1.29, 1.82) is 0 Å². The number of hydrogen-bond acceptors (Lipinski definition) is 3. The zero-order valence-electron chi connectivity index (χ0n) is 7.24. The fourth-order valence-corrected chi connectivity index (χ4v) is 2.75. The Morgan fingerprint density at radius 3 is 2.69 bits per heavy atom. The lowest BCUT2D eigenvalue weighted by molar-refractivity contribution is 0.445. The maximum atomic E-state index is 5.59. The molecule has 70 valence electrons. The highest BCUT2D eigenvalue weighted by Gasteiger charge is 2.56. The van der Waals surface area contributed by atoms with Crippen molar-refractivity contribution < 1.29 is 4.42 Å². The predicted octanol–water partition coefficient (Wildman–Crippen LogP) is 2.32. The van der Waals surface area contributed by atoms with Crippen molar-refractivity contribution in [1.82, 2.24) is 10.2 Å². The quantitative estimate of drug-likeness (QED) is 0.685. The molecule has 0 aromatic carbocycles. The number of alkyl halides is 1. The molecule has 0 aliphatic heterocycles. The number of aromatic nitrogens is 2. The summed E-state index contributed by atoms with van der Waals surface area (Å²) < 4.78 is 5.44. The van der Waals surface area contributed by atoms with Gasteiger partial charge in [0.2, 0.25) is 11.8 Å². The third-order valence-electron chi connectivity index (χ3n) is 3.29. The van der Waals surface area contributed by atoms with Crippen molar-refractivity contribution in [2.75, 3.05) is 0 Å². The highest BCUT2D eigenvalue weighted by atomic mass is 35.5. The summed E-state index contributed by atoms with van der Waals surface area (Å²) in [6.07, 6.45) is 4.06. The molecule has 0 spiro atoms. The summed E-state index contributed by atoms with van der Waals surface area (Å²) in [6, 6.07) is 0. The third kappa shape index (κ3) is 1.10. The molecule has 0 N–H and O–H groups in total. The van der Waals surface area contributed by atoms with Crippen LogP contribution in [0.2, 0.25) is 0 Å². The number of nitrogens with zero attached hydrogens (tertiary/aromatic N) is 2. The van der Waals surface area contributed by atoms with Crippen LogP contribution < -0.4 is 0 Å². The van der Waals surface area contributed by atoms with Crippen LogP contribution in [-0.2, 0) is 5.88 Å². The topological polar surface area (TPSA) is 38.9 Å². The summed E-state index contributed by atoms with van der Waals surface area (Å²) in [6.45, 7) is 0. The maximum Gasteiger partial charge on any atom is 0.231 e. The molecule has 2 aliphatic carbocycles. The zero-order valence-corrected chi connectivity index (χ0v) is 8.00. The number of fused-ring (bicyclic) bond motifs is 1. The molecule has 2 saturated carbocycles. The summed E-state index contributed by atoms with van der Waals surface area (Å²) in [5.74, 6) is 3.95. The lowest BCUT2D eigenvalue weighted by atomic mass is 10.1. The number of halogens is 1. The van der Waals surface area contributed by atoms with Gasteiger partial charge in [0.15, 0.2) is 0 Å². The normalized spacial score (nSPS) is 36.2. The predicted molar refractivity (Wildman–Crippen MR) is 47.4 cm³/mol. The van der Waals surface area contributed by atoms with Gasteiger partial charge in [0.25, 0.3) is 0 Å². The van der Waals surface area contributed by atoms with Crippen LogP contribution in [0.5, 0.6) is 0 Å². The van der Waals surface area contributed by atoms with Crippen LogP contribution in [0.15, 0.2) is 4.42 Å². The Kier molecular flexibility index (Phi) is 1.62. The Bertz CT molecular complexity index is 315. The van der Waals surface area contributed by atoms with Gasteiger partial charge in [-0.2, -0.15) is 0 Å². The lowest BCUT2D eigenvalue weighted by Gasteiger charge is -1.95. The average Bonchev–Trinajstić information content (AvgIpc) is 2.65. The van der Waals surface area contributed by atoms with Crippen LogP contribution in [0.4, 0.5) is 0 Å². The number of rotatable bonds is 2. The highest BCUT2D eigenvalue weighted by Crippen LogP contribution is 2.62. The Morgan fingerprint density at radius 1 is 1.31 bits per heavy atom. The monoisotopic (exact) mass is 198 g/mol. The number of hydrogen-bond donors (Lipinski definition) is 0. The molecular formula is C9H11ClN2O. The van der Waals surface area contributed by atoms with E-state index in [1.165, 1.54) is 19.3 Å². The van der Waals surface area contributed by atoms with Crippen LogP contribution in [0, 0.1) is 11.8 Å². The summed E-state index contributed by atoms with van der Waals surface area (Å²) in [4.78, 5) is 0. The van der Waals surface area contributed by atoms with Crippen molar-refractivity contribution in [2.45, 2.75) is 31.1 Å². The molecular weight excluding hydrogens is 188 g/mol. The zero-order chi connectivity index (χ0) is 8.84. The van der Waals surface area contributed by atoms with Crippen LogP contribution in [-0.4, -0.2) is 10.2 Å². The maximum absolute atomic E-state index is 5.59. The van der Waals surface area contributed by atoms with Crippen molar-refractivity contribution in [3.05, 3.63) is 11.8 Å². The molecule has 1 aromatic heterocycles. The van der Waals surface area contributed by atoms with Gasteiger partial charge >= 0.3 is 0 Å². The largest absolute Gasteiger partial charge is 0.424 e. The first-order chi connectivity index (χ1) is 6.40. The van der Waals surface area contributed by atoms with E-state index in [0.29, 0.717) is 17.7 Å². The highest BCUT2D eigenvalue weighted by molar-refractivity contribution is 6.16. The van der Waals surface area contributed by atoms with E-state index in [1.807, 2.05) is 0 Å².